The molecule has 0 amide bonds. The average molecular weight is 216 g/mol. The van der Waals surface area contributed by atoms with Gasteiger partial charge in [-0.05, 0) is 18.2 Å². The molecule has 0 radical (unpaired) electrons. The van der Waals surface area contributed by atoms with Gasteiger partial charge in [0.25, 0.3) is 0 Å². The molecule has 0 spiro atoms. The van der Waals surface area contributed by atoms with Crippen molar-refractivity contribution in [1.29, 1.82) is 0 Å². The van der Waals surface area contributed by atoms with Gasteiger partial charge in [-0.2, -0.15) is 0 Å². The van der Waals surface area contributed by atoms with E-state index in [2.05, 4.69) is 0 Å². The van der Waals surface area contributed by atoms with Crippen molar-refractivity contribution in [3.8, 4) is 5.75 Å². The van der Waals surface area contributed by atoms with E-state index < -0.39 is 17.0 Å². The Bertz CT molecular complexity index is 387. The summed E-state index contributed by atoms with van der Waals surface area (Å²) in [6, 6.07) is 3.69. The van der Waals surface area contributed by atoms with Crippen LogP contribution in [0.2, 0.25) is 0 Å². The first-order valence-electron chi connectivity index (χ1n) is 3.58. The summed E-state index contributed by atoms with van der Waals surface area (Å²) in [6.07, 6.45) is 0. The standard InChI is InChI=1S/C8H8O5S/c1-13-6-4-5(8(9)10)2-3-7(6)14(11)12/h2-4H,1H3,(H,9,10)(H,11,12). The van der Waals surface area contributed by atoms with Crippen molar-refractivity contribution in [2.75, 3.05) is 7.11 Å². The van der Waals surface area contributed by atoms with Crippen LogP contribution in [0.1, 0.15) is 10.4 Å². The van der Waals surface area contributed by atoms with E-state index in [9.17, 15) is 9.00 Å². The molecule has 0 bridgehead atoms. The minimum atomic E-state index is -2.18. The molecule has 0 aliphatic heterocycles. The maximum Gasteiger partial charge on any atom is 0.335 e. The van der Waals surface area contributed by atoms with E-state index in [1.807, 2.05) is 0 Å². The highest BCUT2D eigenvalue weighted by Gasteiger charge is 2.12. The Morgan fingerprint density at radius 3 is 2.57 bits per heavy atom. The zero-order valence-corrected chi connectivity index (χ0v) is 8.08. The molecule has 1 aromatic carbocycles. The summed E-state index contributed by atoms with van der Waals surface area (Å²) < 4.78 is 24.3. The largest absolute Gasteiger partial charge is 0.495 e. The van der Waals surface area contributed by atoms with Gasteiger partial charge < -0.3 is 14.4 Å². The molecule has 76 valence electrons. The molecule has 1 rings (SSSR count). The van der Waals surface area contributed by atoms with Crippen molar-refractivity contribution in [3.63, 3.8) is 0 Å². The number of rotatable bonds is 3. The van der Waals surface area contributed by atoms with E-state index in [1.165, 1.54) is 25.3 Å². The van der Waals surface area contributed by atoms with Gasteiger partial charge in [0.05, 0.1) is 12.7 Å². The van der Waals surface area contributed by atoms with Gasteiger partial charge in [-0.1, -0.05) is 0 Å². The summed E-state index contributed by atoms with van der Waals surface area (Å²) in [7, 11) is 1.30. The molecule has 1 unspecified atom stereocenters. The summed E-state index contributed by atoms with van der Waals surface area (Å²) in [5, 5.41) is 8.64. The number of methoxy groups -OCH3 is 1. The van der Waals surface area contributed by atoms with Crippen molar-refractivity contribution in [2.24, 2.45) is 0 Å². The Morgan fingerprint density at radius 2 is 2.14 bits per heavy atom. The minimum Gasteiger partial charge on any atom is -0.495 e. The first-order valence-corrected chi connectivity index (χ1v) is 4.69. The topological polar surface area (TPSA) is 83.8 Å². The third-order valence-electron chi connectivity index (χ3n) is 1.60. The van der Waals surface area contributed by atoms with Crippen LogP contribution >= 0.6 is 0 Å². The highest BCUT2D eigenvalue weighted by atomic mass is 32.2. The van der Waals surface area contributed by atoms with Crippen LogP contribution in [-0.4, -0.2) is 26.9 Å². The van der Waals surface area contributed by atoms with E-state index >= 15 is 0 Å². The smallest absolute Gasteiger partial charge is 0.335 e. The van der Waals surface area contributed by atoms with Gasteiger partial charge in [-0.25, -0.2) is 9.00 Å². The Morgan fingerprint density at radius 1 is 1.50 bits per heavy atom. The third-order valence-corrected chi connectivity index (χ3v) is 2.31. The van der Waals surface area contributed by atoms with Crippen LogP contribution in [0.25, 0.3) is 0 Å². The number of benzene rings is 1. The molecule has 0 aliphatic rings. The molecule has 0 aliphatic carbocycles. The molecule has 5 nitrogen and oxygen atoms in total. The molecule has 6 heteroatoms. The summed E-state index contributed by atoms with van der Waals surface area (Å²) in [4.78, 5) is 10.6. The summed E-state index contributed by atoms with van der Waals surface area (Å²) in [5.74, 6) is -1.02. The molecule has 0 fully saturated rings. The van der Waals surface area contributed by atoms with Crippen LogP contribution in [-0.2, 0) is 11.1 Å². The maximum absolute atomic E-state index is 10.7. The van der Waals surface area contributed by atoms with Crippen LogP contribution in [0, 0.1) is 0 Å². The number of hydrogen-bond donors (Lipinski definition) is 2. The highest BCUT2D eigenvalue weighted by Crippen LogP contribution is 2.22. The molecule has 14 heavy (non-hydrogen) atoms. The summed E-state index contributed by atoms with van der Waals surface area (Å²) in [5.41, 5.74) is 0.0102. The first kappa shape index (κ1) is 10.7. The van der Waals surface area contributed by atoms with Gasteiger partial charge in [0, 0.05) is 0 Å². The van der Waals surface area contributed by atoms with Crippen LogP contribution in [0.4, 0.5) is 0 Å². The van der Waals surface area contributed by atoms with Crippen LogP contribution < -0.4 is 4.74 Å². The van der Waals surface area contributed by atoms with Gasteiger partial charge in [0.15, 0.2) is 11.1 Å². The number of carboxylic acid groups (broad SMARTS) is 1. The molecular formula is C8H8O5S. The fourth-order valence-corrected chi connectivity index (χ4v) is 1.44. The number of hydrogen-bond acceptors (Lipinski definition) is 3. The van der Waals surface area contributed by atoms with Gasteiger partial charge in [-0.3, -0.25) is 0 Å². The van der Waals surface area contributed by atoms with Gasteiger partial charge in [-0.15, -0.1) is 0 Å². The Balaban J connectivity index is 3.25. The summed E-state index contributed by atoms with van der Waals surface area (Å²) >= 11 is -2.18. The lowest BCUT2D eigenvalue weighted by atomic mass is 10.2. The fourth-order valence-electron chi connectivity index (χ4n) is 0.945. The minimum absolute atomic E-state index is 0.0102. The monoisotopic (exact) mass is 216 g/mol. The molecular weight excluding hydrogens is 208 g/mol. The zero-order valence-electron chi connectivity index (χ0n) is 7.26. The van der Waals surface area contributed by atoms with Crippen LogP contribution in [0.15, 0.2) is 23.1 Å². The molecule has 0 aromatic heterocycles. The lowest BCUT2D eigenvalue weighted by molar-refractivity contribution is 0.0696. The number of carboxylic acids is 1. The van der Waals surface area contributed by atoms with Crippen molar-refractivity contribution in [1.82, 2.24) is 0 Å². The van der Waals surface area contributed by atoms with Crippen molar-refractivity contribution >= 4 is 17.0 Å². The van der Waals surface area contributed by atoms with E-state index in [0.717, 1.165) is 0 Å². The average Bonchev–Trinajstić information content (AvgIpc) is 2.16. The predicted molar refractivity (Wildman–Crippen MR) is 49.0 cm³/mol. The maximum atomic E-state index is 10.7. The van der Waals surface area contributed by atoms with Gasteiger partial charge in [0.2, 0.25) is 0 Å². The second kappa shape index (κ2) is 4.21. The quantitative estimate of drug-likeness (QED) is 0.735. The molecule has 1 atom stereocenters. The van der Waals surface area contributed by atoms with Crippen molar-refractivity contribution < 1.29 is 23.4 Å². The molecule has 0 saturated carbocycles. The van der Waals surface area contributed by atoms with E-state index in [0.29, 0.717) is 0 Å². The molecule has 0 heterocycles. The van der Waals surface area contributed by atoms with Crippen LogP contribution in [0.3, 0.4) is 0 Å². The second-order valence-corrected chi connectivity index (χ2v) is 3.36. The fraction of sp³-hybridized carbons (Fsp3) is 0.125. The number of ether oxygens (including phenoxy) is 1. The lowest BCUT2D eigenvalue weighted by Crippen LogP contribution is -2.00. The highest BCUT2D eigenvalue weighted by molar-refractivity contribution is 7.79. The van der Waals surface area contributed by atoms with Gasteiger partial charge in [0.1, 0.15) is 10.6 Å². The van der Waals surface area contributed by atoms with Crippen molar-refractivity contribution in [3.05, 3.63) is 23.8 Å². The second-order valence-electron chi connectivity index (χ2n) is 2.42. The normalized spacial score (nSPS) is 12.1. The van der Waals surface area contributed by atoms with Crippen LogP contribution in [0.5, 0.6) is 5.75 Å². The predicted octanol–water partition coefficient (Wildman–Crippen LogP) is 0.974. The van der Waals surface area contributed by atoms with E-state index in [-0.39, 0.29) is 16.2 Å². The zero-order chi connectivity index (χ0) is 10.7. The third kappa shape index (κ3) is 2.09. The van der Waals surface area contributed by atoms with Gasteiger partial charge >= 0.3 is 5.97 Å². The van der Waals surface area contributed by atoms with Crippen molar-refractivity contribution in [2.45, 2.75) is 4.90 Å². The Hall–Kier alpha value is -1.40. The number of aromatic carboxylic acids is 1. The molecule has 0 saturated heterocycles. The van der Waals surface area contributed by atoms with E-state index in [1.54, 1.807) is 0 Å². The number of carbonyl (C=O) groups is 1. The molecule has 2 N–H and O–H groups in total. The Labute approximate surface area is 82.6 Å². The summed E-state index contributed by atoms with van der Waals surface area (Å²) in [6.45, 7) is 0. The van der Waals surface area contributed by atoms with E-state index in [4.69, 9.17) is 14.4 Å². The molecule has 1 aromatic rings. The first-order chi connectivity index (χ1) is 6.56. The SMILES string of the molecule is COc1cc(C(=O)O)ccc1S(=O)O. The Kier molecular flexibility index (Phi) is 3.21. The lowest BCUT2D eigenvalue weighted by Gasteiger charge is -2.05.